The fourth-order valence-corrected chi connectivity index (χ4v) is 3.74. The van der Waals surface area contributed by atoms with Crippen molar-refractivity contribution in [1.82, 2.24) is 5.32 Å². The van der Waals surface area contributed by atoms with E-state index in [1.54, 1.807) is 6.07 Å². The molecule has 1 fully saturated rings. The van der Waals surface area contributed by atoms with Gasteiger partial charge in [-0.3, -0.25) is 0 Å². The molecule has 1 aromatic carbocycles. The van der Waals surface area contributed by atoms with Crippen LogP contribution in [0.5, 0.6) is 0 Å². The first-order valence-electron chi connectivity index (χ1n) is 5.91. The standard InChI is InChI=1S/C13H17BrFNS/c1-17-12-7-3-6-11(12)16-8-9-4-2-5-10(15)13(9)14/h2,4-5,11-12,16H,3,6-8H2,1H3. The van der Waals surface area contributed by atoms with E-state index < -0.39 is 0 Å². The van der Waals surface area contributed by atoms with Gasteiger partial charge >= 0.3 is 0 Å². The molecule has 0 aromatic heterocycles. The highest BCUT2D eigenvalue weighted by atomic mass is 79.9. The van der Waals surface area contributed by atoms with Gasteiger partial charge in [0.05, 0.1) is 4.47 Å². The average Bonchev–Trinajstić information content (AvgIpc) is 2.78. The maximum atomic E-state index is 13.3. The molecule has 0 radical (unpaired) electrons. The van der Waals surface area contributed by atoms with Gasteiger partial charge in [0.15, 0.2) is 0 Å². The summed E-state index contributed by atoms with van der Waals surface area (Å²) in [5.74, 6) is -0.183. The predicted molar refractivity (Wildman–Crippen MR) is 75.9 cm³/mol. The lowest BCUT2D eigenvalue weighted by atomic mass is 10.2. The van der Waals surface area contributed by atoms with Crippen LogP contribution >= 0.6 is 27.7 Å². The smallest absolute Gasteiger partial charge is 0.137 e. The summed E-state index contributed by atoms with van der Waals surface area (Å²) in [6, 6.07) is 5.77. The quantitative estimate of drug-likeness (QED) is 0.902. The van der Waals surface area contributed by atoms with Crippen LogP contribution in [0.1, 0.15) is 24.8 Å². The summed E-state index contributed by atoms with van der Waals surface area (Å²) in [7, 11) is 0. The second-order valence-corrected chi connectivity index (χ2v) is 6.28. The van der Waals surface area contributed by atoms with Crippen LogP contribution in [-0.4, -0.2) is 17.5 Å². The van der Waals surface area contributed by atoms with Gasteiger partial charge in [-0.2, -0.15) is 11.8 Å². The van der Waals surface area contributed by atoms with Crippen LogP contribution in [0.3, 0.4) is 0 Å². The molecule has 2 rings (SSSR count). The third-order valence-corrected chi connectivity index (χ3v) is 5.40. The van der Waals surface area contributed by atoms with Gasteiger partial charge in [-0.15, -0.1) is 0 Å². The van der Waals surface area contributed by atoms with Crippen molar-refractivity contribution in [2.45, 2.75) is 37.1 Å². The Labute approximate surface area is 115 Å². The van der Waals surface area contributed by atoms with Crippen LogP contribution < -0.4 is 5.32 Å². The van der Waals surface area contributed by atoms with E-state index in [-0.39, 0.29) is 5.82 Å². The van der Waals surface area contributed by atoms with Gasteiger partial charge in [-0.25, -0.2) is 4.39 Å². The first kappa shape index (κ1) is 13.4. The van der Waals surface area contributed by atoms with Crippen molar-refractivity contribution in [3.8, 4) is 0 Å². The van der Waals surface area contributed by atoms with Crippen molar-refractivity contribution in [2.75, 3.05) is 6.26 Å². The van der Waals surface area contributed by atoms with Gasteiger partial charge in [0, 0.05) is 17.8 Å². The van der Waals surface area contributed by atoms with Crippen LogP contribution in [0.4, 0.5) is 4.39 Å². The minimum Gasteiger partial charge on any atom is -0.309 e. The zero-order chi connectivity index (χ0) is 12.3. The zero-order valence-corrected chi connectivity index (χ0v) is 12.3. The monoisotopic (exact) mass is 317 g/mol. The number of hydrogen-bond donors (Lipinski definition) is 1. The third-order valence-electron chi connectivity index (χ3n) is 3.34. The van der Waals surface area contributed by atoms with Crippen molar-refractivity contribution in [2.24, 2.45) is 0 Å². The maximum absolute atomic E-state index is 13.3. The Morgan fingerprint density at radius 2 is 2.29 bits per heavy atom. The summed E-state index contributed by atoms with van der Waals surface area (Å²) in [4.78, 5) is 0. The van der Waals surface area contributed by atoms with Crippen LogP contribution in [0.15, 0.2) is 22.7 Å². The van der Waals surface area contributed by atoms with Crippen molar-refractivity contribution < 1.29 is 4.39 Å². The Morgan fingerprint density at radius 1 is 1.47 bits per heavy atom. The van der Waals surface area contributed by atoms with E-state index in [1.165, 1.54) is 25.3 Å². The van der Waals surface area contributed by atoms with E-state index in [2.05, 4.69) is 27.5 Å². The van der Waals surface area contributed by atoms with Crippen molar-refractivity contribution in [1.29, 1.82) is 0 Å². The highest BCUT2D eigenvalue weighted by Crippen LogP contribution is 2.29. The topological polar surface area (TPSA) is 12.0 Å². The van der Waals surface area contributed by atoms with Crippen LogP contribution in [0, 0.1) is 5.82 Å². The number of benzene rings is 1. The van der Waals surface area contributed by atoms with E-state index in [4.69, 9.17) is 0 Å². The molecular formula is C13H17BrFNS. The highest BCUT2D eigenvalue weighted by Gasteiger charge is 2.25. The average molecular weight is 318 g/mol. The Bertz CT molecular complexity index is 386. The number of hydrogen-bond acceptors (Lipinski definition) is 2. The fourth-order valence-electron chi connectivity index (χ4n) is 2.37. The molecule has 1 aliphatic carbocycles. The Morgan fingerprint density at radius 3 is 3.06 bits per heavy atom. The summed E-state index contributed by atoms with van der Waals surface area (Å²) < 4.78 is 13.9. The van der Waals surface area contributed by atoms with Gasteiger partial charge < -0.3 is 5.32 Å². The van der Waals surface area contributed by atoms with Crippen molar-refractivity contribution >= 4 is 27.7 Å². The molecule has 0 amide bonds. The molecule has 2 atom stereocenters. The summed E-state index contributed by atoms with van der Waals surface area (Å²) in [6.07, 6.45) is 6.00. The SMILES string of the molecule is CSC1CCCC1NCc1cccc(F)c1Br. The van der Waals surface area contributed by atoms with E-state index in [1.807, 2.05) is 17.8 Å². The molecule has 0 aliphatic heterocycles. The predicted octanol–water partition coefficient (Wildman–Crippen LogP) is 3.96. The summed E-state index contributed by atoms with van der Waals surface area (Å²) in [5.41, 5.74) is 0.997. The summed E-state index contributed by atoms with van der Waals surface area (Å²) >= 11 is 5.24. The zero-order valence-electron chi connectivity index (χ0n) is 9.88. The number of nitrogens with one attached hydrogen (secondary N) is 1. The molecule has 0 spiro atoms. The molecule has 4 heteroatoms. The van der Waals surface area contributed by atoms with E-state index in [9.17, 15) is 4.39 Å². The Kier molecular flexibility index (Phi) is 4.88. The lowest BCUT2D eigenvalue weighted by Crippen LogP contribution is -2.33. The second-order valence-electron chi connectivity index (χ2n) is 4.41. The number of rotatable bonds is 4. The van der Waals surface area contributed by atoms with Crippen LogP contribution in [0.25, 0.3) is 0 Å². The number of thioether (sulfide) groups is 1. The van der Waals surface area contributed by atoms with Gasteiger partial charge in [0.25, 0.3) is 0 Å². The largest absolute Gasteiger partial charge is 0.309 e. The summed E-state index contributed by atoms with van der Waals surface area (Å²) in [5, 5.41) is 4.26. The fraction of sp³-hybridized carbons (Fsp3) is 0.538. The molecule has 94 valence electrons. The molecular weight excluding hydrogens is 301 g/mol. The van der Waals surface area contributed by atoms with Crippen LogP contribution in [0.2, 0.25) is 0 Å². The second kappa shape index (κ2) is 6.21. The minimum atomic E-state index is -0.183. The van der Waals surface area contributed by atoms with Gasteiger partial charge in [0.2, 0.25) is 0 Å². The van der Waals surface area contributed by atoms with Gasteiger partial charge in [0.1, 0.15) is 5.82 Å². The van der Waals surface area contributed by atoms with E-state index in [0.29, 0.717) is 15.8 Å². The highest BCUT2D eigenvalue weighted by molar-refractivity contribution is 9.10. The lowest BCUT2D eigenvalue weighted by molar-refractivity contribution is 0.528. The lowest BCUT2D eigenvalue weighted by Gasteiger charge is -2.19. The van der Waals surface area contributed by atoms with Crippen molar-refractivity contribution in [3.05, 3.63) is 34.1 Å². The van der Waals surface area contributed by atoms with Crippen LogP contribution in [-0.2, 0) is 6.54 Å². The Balaban J connectivity index is 1.95. The van der Waals surface area contributed by atoms with E-state index in [0.717, 1.165) is 12.1 Å². The molecule has 1 saturated carbocycles. The number of halogens is 2. The molecule has 2 unspecified atom stereocenters. The molecule has 1 N–H and O–H groups in total. The molecule has 17 heavy (non-hydrogen) atoms. The van der Waals surface area contributed by atoms with Crippen molar-refractivity contribution in [3.63, 3.8) is 0 Å². The summed E-state index contributed by atoms with van der Waals surface area (Å²) in [6.45, 7) is 0.736. The minimum absolute atomic E-state index is 0.183. The van der Waals surface area contributed by atoms with Gasteiger partial charge in [-0.05, 0) is 46.7 Å². The molecule has 0 heterocycles. The third kappa shape index (κ3) is 3.24. The Hall–Kier alpha value is -0.0600. The molecule has 0 saturated heterocycles. The molecule has 1 aliphatic rings. The van der Waals surface area contributed by atoms with Gasteiger partial charge in [-0.1, -0.05) is 18.6 Å². The first-order chi connectivity index (χ1) is 8.22. The van der Waals surface area contributed by atoms with E-state index >= 15 is 0 Å². The molecule has 0 bridgehead atoms. The first-order valence-corrected chi connectivity index (χ1v) is 7.99. The molecule has 1 nitrogen and oxygen atoms in total. The maximum Gasteiger partial charge on any atom is 0.137 e. The normalized spacial score (nSPS) is 24.2. The molecule has 1 aromatic rings.